The summed E-state index contributed by atoms with van der Waals surface area (Å²) in [7, 11) is 0. The summed E-state index contributed by atoms with van der Waals surface area (Å²) in [6.45, 7) is 8.08. The number of anilines is 3. The van der Waals surface area contributed by atoms with E-state index in [1.807, 2.05) is 36.5 Å². The molecule has 1 aromatic heterocycles. The average Bonchev–Trinajstić information content (AvgIpc) is 2.68. The molecule has 4 nitrogen and oxygen atoms in total. The maximum Gasteiger partial charge on any atom is 0.229 e. The Morgan fingerprint density at radius 1 is 1.15 bits per heavy atom. The Morgan fingerprint density at radius 3 is 2.74 bits per heavy atom. The number of nitrogens with zero attached hydrogens (tertiary/aromatic N) is 3. The number of para-hydroxylation sites is 1. The van der Waals surface area contributed by atoms with Gasteiger partial charge in [-0.2, -0.15) is 4.98 Å². The standard InChI is InChI=1S/C23H30N4/c1-16(2)18-12-11-17(3)21(14-18)27-13-7-8-19-15-24-23(26-22(19)27)25-20-9-5-4-6-10-20/h4-10,15-18,21H,11-14H2,1-3H3,(H,24,25,26). The summed E-state index contributed by atoms with van der Waals surface area (Å²) in [5.74, 6) is 4.00. The van der Waals surface area contributed by atoms with Gasteiger partial charge in [0.1, 0.15) is 5.82 Å². The first-order valence-electron chi connectivity index (χ1n) is 10.2. The fourth-order valence-corrected chi connectivity index (χ4v) is 4.48. The number of fused-ring (bicyclic) bond motifs is 1. The molecular weight excluding hydrogens is 332 g/mol. The fourth-order valence-electron chi connectivity index (χ4n) is 4.48. The highest BCUT2D eigenvalue weighted by Crippen LogP contribution is 2.39. The van der Waals surface area contributed by atoms with Gasteiger partial charge < -0.3 is 10.2 Å². The molecule has 27 heavy (non-hydrogen) atoms. The molecule has 2 aromatic rings. The molecule has 1 aromatic carbocycles. The Balaban J connectivity index is 1.61. The first kappa shape index (κ1) is 18.0. The second kappa shape index (κ2) is 7.71. The van der Waals surface area contributed by atoms with Crippen molar-refractivity contribution in [1.29, 1.82) is 0 Å². The van der Waals surface area contributed by atoms with Gasteiger partial charge in [0.25, 0.3) is 0 Å². The molecule has 3 atom stereocenters. The summed E-state index contributed by atoms with van der Waals surface area (Å²) in [5, 5.41) is 3.34. The van der Waals surface area contributed by atoms with E-state index >= 15 is 0 Å². The highest BCUT2D eigenvalue weighted by atomic mass is 15.3. The first-order chi connectivity index (χ1) is 13.1. The molecule has 1 fully saturated rings. The zero-order valence-corrected chi connectivity index (χ0v) is 16.6. The van der Waals surface area contributed by atoms with Crippen LogP contribution in [0.2, 0.25) is 0 Å². The number of hydrogen-bond acceptors (Lipinski definition) is 4. The molecule has 2 heterocycles. The van der Waals surface area contributed by atoms with Crippen molar-refractivity contribution in [3.63, 3.8) is 0 Å². The summed E-state index contributed by atoms with van der Waals surface area (Å²) in [5.41, 5.74) is 2.14. The Morgan fingerprint density at radius 2 is 1.96 bits per heavy atom. The second-order valence-corrected chi connectivity index (χ2v) is 8.38. The van der Waals surface area contributed by atoms with Crippen molar-refractivity contribution < 1.29 is 0 Å². The van der Waals surface area contributed by atoms with Gasteiger partial charge in [0, 0.05) is 30.0 Å². The van der Waals surface area contributed by atoms with Crippen LogP contribution in [-0.2, 0) is 0 Å². The topological polar surface area (TPSA) is 41.1 Å². The van der Waals surface area contributed by atoms with Crippen LogP contribution in [0, 0.1) is 17.8 Å². The molecule has 1 aliphatic carbocycles. The van der Waals surface area contributed by atoms with Crippen LogP contribution in [0.5, 0.6) is 0 Å². The summed E-state index contributed by atoms with van der Waals surface area (Å²) >= 11 is 0. The molecule has 142 valence electrons. The van der Waals surface area contributed by atoms with Gasteiger partial charge >= 0.3 is 0 Å². The second-order valence-electron chi connectivity index (χ2n) is 8.38. The molecule has 1 aliphatic heterocycles. The Labute approximate surface area is 162 Å². The molecule has 4 heteroatoms. The summed E-state index contributed by atoms with van der Waals surface area (Å²) in [4.78, 5) is 12.0. The minimum absolute atomic E-state index is 0.550. The van der Waals surface area contributed by atoms with Crippen molar-refractivity contribution >= 4 is 23.5 Å². The summed E-state index contributed by atoms with van der Waals surface area (Å²) in [6.07, 6.45) is 10.3. The number of rotatable bonds is 4. The lowest BCUT2D eigenvalue weighted by Crippen LogP contribution is -2.46. The van der Waals surface area contributed by atoms with Gasteiger partial charge in [0.05, 0.1) is 0 Å². The van der Waals surface area contributed by atoms with E-state index in [1.165, 1.54) is 19.3 Å². The number of hydrogen-bond donors (Lipinski definition) is 1. The molecular formula is C23H30N4. The highest BCUT2D eigenvalue weighted by molar-refractivity contribution is 5.69. The van der Waals surface area contributed by atoms with Crippen molar-refractivity contribution in [1.82, 2.24) is 9.97 Å². The minimum Gasteiger partial charge on any atom is -0.349 e. The van der Waals surface area contributed by atoms with Gasteiger partial charge in [-0.1, -0.05) is 51.1 Å². The lowest BCUT2D eigenvalue weighted by molar-refractivity contribution is 0.199. The van der Waals surface area contributed by atoms with Crippen molar-refractivity contribution in [2.24, 2.45) is 17.8 Å². The van der Waals surface area contributed by atoms with Crippen LogP contribution in [-0.4, -0.2) is 22.6 Å². The van der Waals surface area contributed by atoms with Gasteiger partial charge in [-0.25, -0.2) is 4.98 Å². The van der Waals surface area contributed by atoms with E-state index in [0.29, 0.717) is 17.9 Å². The monoisotopic (exact) mass is 362 g/mol. The predicted octanol–water partition coefficient (Wildman–Crippen LogP) is 5.51. The Bertz CT molecular complexity index is 799. The predicted molar refractivity (Wildman–Crippen MR) is 113 cm³/mol. The molecule has 0 amide bonds. The third kappa shape index (κ3) is 3.85. The van der Waals surface area contributed by atoms with Gasteiger partial charge in [-0.3, -0.25) is 0 Å². The van der Waals surface area contributed by atoms with Crippen LogP contribution in [0.4, 0.5) is 17.5 Å². The maximum atomic E-state index is 4.92. The van der Waals surface area contributed by atoms with E-state index in [2.05, 4.69) is 48.1 Å². The van der Waals surface area contributed by atoms with Crippen LogP contribution in [0.15, 0.2) is 42.6 Å². The van der Waals surface area contributed by atoms with E-state index in [0.717, 1.165) is 35.4 Å². The molecule has 2 aliphatic rings. The van der Waals surface area contributed by atoms with Crippen molar-refractivity contribution in [2.75, 3.05) is 16.8 Å². The molecule has 4 rings (SSSR count). The van der Waals surface area contributed by atoms with Crippen molar-refractivity contribution in [3.8, 4) is 0 Å². The van der Waals surface area contributed by atoms with Crippen LogP contribution < -0.4 is 10.2 Å². The van der Waals surface area contributed by atoms with E-state index in [1.54, 1.807) is 0 Å². The van der Waals surface area contributed by atoms with Crippen molar-refractivity contribution in [2.45, 2.75) is 46.1 Å². The maximum absolute atomic E-state index is 4.92. The number of benzene rings is 1. The molecule has 0 saturated heterocycles. The molecule has 1 N–H and O–H groups in total. The highest BCUT2D eigenvalue weighted by Gasteiger charge is 2.35. The van der Waals surface area contributed by atoms with E-state index < -0.39 is 0 Å². The van der Waals surface area contributed by atoms with Gasteiger partial charge in [0.15, 0.2) is 0 Å². The molecule has 0 spiro atoms. The van der Waals surface area contributed by atoms with Gasteiger partial charge in [0.2, 0.25) is 5.95 Å². The lowest BCUT2D eigenvalue weighted by Gasteiger charge is -2.44. The molecule has 0 radical (unpaired) electrons. The molecule has 1 saturated carbocycles. The molecule has 3 unspecified atom stereocenters. The van der Waals surface area contributed by atoms with Crippen LogP contribution in [0.3, 0.4) is 0 Å². The summed E-state index contributed by atoms with van der Waals surface area (Å²) < 4.78 is 0. The fraction of sp³-hybridized carbons (Fsp3) is 0.478. The lowest BCUT2D eigenvalue weighted by atomic mass is 9.74. The Hall–Kier alpha value is -2.36. The van der Waals surface area contributed by atoms with Crippen LogP contribution in [0.1, 0.15) is 45.6 Å². The van der Waals surface area contributed by atoms with Crippen LogP contribution >= 0.6 is 0 Å². The third-order valence-electron chi connectivity index (χ3n) is 6.23. The minimum atomic E-state index is 0.550. The van der Waals surface area contributed by atoms with Crippen LogP contribution in [0.25, 0.3) is 6.08 Å². The zero-order valence-electron chi connectivity index (χ0n) is 16.6. The number of nitrogens with one attached hydrogen (secondary N) is 1. The van der Waals surface area contributed by atoms with E-state index in [9.17, 15) is 0 Å². The zero-order chi connectivity index (χ0) is 18.8. The third-order valence-corrected chi connectivity index (χ3v) is 6.23. The summed E-state index contributed by atoms with van der Waals surface area (Å²) in [6, 6.07) is 10.7. The van der Waals surface area contributed by atoms with Gasteiger partial charge in [-0.15, -0.1) is 0 Å². The smallest absolute Gasteiger partial charge is 0.229 e. The van der Waals surface area contributed by atoms with Crippen molar-refractivity contribution in [3.05, 3.63) is 48.2 Å². The quantitative estimate of drug-likeness (QED) is 0.778. The largest absolute Gasteiger partial charge is 0.349 e. The first-order valence-corrected chi connectivity index (χ1v) is 10.2. The molecule has 0 bridgehead atoms. The van der Waals surface area contributed by atoms with E-state index in [-0.39, 0.29) is 0 Å². The van der Waals surface area contributed by atoms with Gasteiger partial charge in [-0.05, 0) is 49.1 Å². The average molecular weight is 363 g/mol. The normalized spacial score (nSPS) is 24.7. The SMILES string of the molecule is CC(C)C1CCC(C)C(N2CC=Cc3cnc(Nc4ccccc4)nc32)C1. The number of aromatic nitrogens is 2. The Kier molecular flexibility index (Phi) is 5.15. The van der Waals surface area contributed by atoms with E-state index in [4.69, 9.17) is 4.98 Å².